The summed E-state index contributed by atoms with van der Waals surface area (Å²) in [6, 6.07) is 11.6. The molecule has 0 aliphatic rings. The minimum atomic E-state index is -0.350. The standard InChI is InChI=1S/C20H23BrN2O2/c1-5-23(4)13-22-19-11-18(21)17(10-15(19)3)20(24)25-12-16-8-6-14(2)7-9-16/h6-11,13H,5,12H2,1-4H3. The first-order valence-electron chi connectivity index (χ1n) is 8.18. The van der Waals surface area contributed by atoms with Crippen molar-refractivity contribution in [1.29, 1.82) is 0 Å². The zero-order chi connectivity index (χ0) is 18.4. The van der Waals surface area contributed by atoms with Gasteiger partial charge >= 0.3 is 5.97 Å². The number of carbonyl (C=O) groups is 1. The van der Waals surface area contributed by atoms with Crippen LogP contribution in [0.25, 0.3) is 0 Å². The summed E-state index contributed by atoms with van der Waals surface area (Å²) in [4.78, 5) is 18.8. The minimum Gasteiger partial charge on any atom is -0.457 e. The third kappa shape index (κ3) is 5.43. The molecule has 0 atom stereocenters. The highest BCUT2D eigenvalue weighted by Crippen LogP contribution is 2.28. The van der Waals surface area contributed by atoms with Crippen molar-refractivity contribution in [2.75, 3.05) is 13.6 Å². The molecule has 2 rings (SSSR count). The lowest BCUT2D eigenvalue weighted by Crippen LogP contribution is -2.14. The van der Waals surface area contributed by atoms with Gasteiger partial charge in [-0.05, 0) is 60.0 Å². The molecule has 5 heteroatoms. The van der Waals surface area contributed by atoms with Crippen molar-refractivity contribution in [3.8, 4) is 0 Å². The van der Waals surface area contributed by atoms with Crippen molar-refractivity contribution in [3.63, 3.8) is 0 Å². The second kappa shape index (κ2) is 8.81. The first kappa shape index (κ1) is 19.2. The lowest BCUT2D eigenvalue weighted by Gasteiger charge is -2.11. The van der Waals surface area contributed by atoms with E-state index in [1.165, 1.54) is 5.56 Å². The molecule has 0 fully saturated rings. The van der Waals surface area contributed by atoms with E-state index < -0.39 is 0 Å². The molecule has 0 heterocycles. The Balaban J connectivity index is 2.10. The predicted molar refractivity (Wildman–Crippen MR) is 106 cm³/mol. The summed E-state index contributed by atoms with van der Waals surface area (Å²) in [7, 11) is 1.96. The molecule has 0 saturated heterocycles. The van der Waals surface area contributed by atoms with E-state index in [4.69, 9.17) is 4.74 Å². The number of aryl methyl sites for hydroxylation is 2. The number of nitrogens with zero attached hydrogens (tertiary/aromatic N) is 2. The molecule has 0 aliphatic carbocycles. The molecular formula is C20H23BrN2O2. The molecule has 0 aliphatic heterocycles. The molecule has 0 N–H and O–H groups in total. The fourth-order valence-electron chi connectivity index (χ4n) is 2.12. The van der Waals surface area contributed by atoms with Gasteiger partial charge in [0.1, 0.15) is 6.61 Å². The van der Waals surface area contributed by atoms with Gasteiger partial charge in [0, 0.05) is 18.1 Å². The number of rotatable bonds is 6. The van der Waals surface area contributed by atoms with E-state index in [9.17, 15) is 4.79 Å². The predicted octanol–water partition coefficient (Wildman–Crippen LogP) is 5.03. The largest absolute Gasteiger partial charge is 0.457 e. The topological polar surface area (TPSA) is 41.9 Å². The Morgan fingerprint density at radius 1 is 1.24 bits per heavy atom. The van der Waals surface area contributed by atoms with Gasteiger partial charge in [-0.1, -0.05) is 29.8 Å². The van der Waals surface area contributed by atoms with E-state index in [1.54, 1.807) is 12.4 Å². The SMILES string of the molecule is CCN(C)C=Nc1cc(Br)c(C(=O)OCc2ccc(C)cc2)cc1C. The molecule has 0 saturated carbocycles. The van der Waals surface area contributed by atoms with Crippen LogP contribution in [-0.4, -0.2) is 30.8 Å². The Hall–Kier alpha value is -2.14. The van der Waals surface area contributed by atoms with Gasteiger partial charge in [-0.25, -0.2) is 9.79 Å². The average molecular weight is 403 g/mol. The maximum absolute atomic E-state index is 12.4. The van der Waals surface area contributed by atoms with E-state index >= 15 is 0 Å². The van der Waals surface area contributed by atoms with Crippen molar-refractivity contribution in [2.45, 2.75) is 27.4 Å². The van der Waals surface area contributed by atoms with Gasteiger partial charge in [0.2, 0.25) is 0 Å². The number of esters is 1. The van der Waals surface area contributed by atoms with E-state index in [0.29, 0.717) is 10.0 Å². The summed E-state index contributed by atoms with van der Waals surface area (Å²) in [5, 5.41) is 0. The maximum atomic E-state index is 12.4. The van der Waals surface area contributed by atoms with Crippen LogP contribution in [0.4, 0.5) is 5.69 Å². The monoisotopic (exact) mass is 402 g/mol. The Kier molecular flexibility index (Phi) is 6.76. The molecule has 4 nitrogen and oxygen atoms in total. The lowest BCUT2D eigenvalue weighted by atomic mass is 10.1. The lowest BCUT2D eigenvalue weighted by molar-refractivity contribution is 0.0471. The van der Waals surface area contributed by atoms with Gasteiger partial charge in [0.25, 0.3) is 0 Å². The van der Waals surface area contributed by atoms with Crippen LogP contribution in [-0.2, 0) is 11.3 Å². The highest BCUT2D eigenvalue weighted by atomic mass is 79.9. The van der Waals surface area contributed by atoms with Gasteiger partial charge in [-0.3, -0.25) is 0 Å². The Bertz CT molecular complexity index is 770. The molecule has 0 aromatic heterocycles. The van der Waals surface area contributed by atoms with Gasteiger partial charge < -0.3 is 9.64 Å². The second-order valence-electron chi connectivity index (χ2n) is 6.00. The van der Waals surface area contributed by atoms with Crippen LogP contribution < -0.4 is 0 Å². The van der Waals surface area contributed by atoms with Crippen LogP contribution in [0.1, 0.15) is 34.0 Å². The smallest absolute Gasteiger partial charge is 0.339 e. The zero-order valence-corrected chi connectivity index (χ0v) is 16.6. The van der Waals surface area contributed by atoms with Crippen LogP contribution in [0.15, 0.2) is 45.9 Å². The molecule has 2 aromatic rings. The highest BCUT2D eigenvalue weighted by molar-refractivity contribution is 9.10. The van der Waals surface area contributed by atoms with Crippen molar-refractivity contribution < 1.29 is 9.53 Å². The van der Waals surface area contributed by atoms with Crippen molar-refractivity contribution in [3.05, 3.63) is 63.1 Å². The molecule has 0 amide bonds. The van der Waals surface area contributed by atoms with Crippen molar-refractivity contribution in [2.24, 2.45) is 4.99 Å². The number of benzene rings is 2. The van der Waals surface area contributed by atoms with E-state index in [0.717, 1.165) is 23.4 Å². The summed E-state index contributed by atoms with van der Waals surface area (Å²) >= 11 is 3.45. The highest BCUT2D eigenvalue weighted by Gasteiger charge is 2.14. The van der Waals surface area contributed by atoms with Gasteiger partial charge in [-0.2, -0.15) is 0 Å². The molecular weight excluding hydrogens is 380 g/mol. The van der Waals surface area contributed by atoms with Crippen LogP contribution >= 0.6 is 15.9 Å². The zero-order valence-electron chi connectivity index (χ0n) is 15.0. The summed E-state index contributed by atoms with van der Waals surface area (Å²) in [6.45, 7) is 7.15. The van der Waals surface area contributed by atoms with Gasteiger partial charge in [0.05, 0.1) is 17.6 Å². The molecule has 132 valence electrons. The number of halogens is 1. The number of ether oxygens (including phenoxy) is 1. The van der Waals surface area contributed by atoms with E-state index in [2.05, 4.69) is 27.8 Å². The van der Waals surface area contributed by atoms with Crippen LogP contribution in [0.5, 0.6) is 0 Å². The normalized spacial score (nSPS) is 10.9. The summed E-state index contributed by atoms with van der Waals surface area (Å²) < 4.78 is 6.11. The van der Waals surface area contributed by atoms with E-state index in [1.807, 2.05) is 56.1 Å². The Morgan fingerprint density at radius 2 is 1.92 bits per heavy atom. The number of carbonyl (C=O) groups excluding carboxylic acids is 1. The first-order chi connectivity index (χ1) is 11.9. The Morgan fingerprint density at radius 3 is 2.56 bits per heavy atom. The maximum Gasteiger partial charge on any atom is 0.339 e. The average Bonchev–Trinajstić information content (AvgIpc) is 2.61. The third-order valence-corrected chi connectivity index (χ3v) is 4.54. The van der Waals surface area contributed by atoms with Gasteiger partial charge in [-0.15, -0.1) is 0 Å². The summed E-state index contributed by atoms with van der Waals surface area (Å²) in [6.07, 6.45) is 1.78. The van der Waals surface area contributed by atoms with Crippen LogP contribution in [0.2, 0.25) is 0 Å². The van der Waals surface area contributed by atoms with Crippen LogP contribution in [0.3, 0.4) is 0 Å². The Labute approximate surface area is 157 Å². The van der Waals surface area contributed by atoms with Crippen molar-refractivity contribution >= 4 is 33.9 Å². The minimum absolute atomic E-state index is 0.256. The van der Waals surface area contributed by atoms with Crippen LogP contribution in [0, 0.1) is 13.8 Å². The molecule has 25 heavy (non-hydrogen) atoms. The van der Waals surface area contributed by atoms with E-state index in [-0.39, 0.29) is 12.6 Å². The summed E-state index contributed by atoms with van der Waals surface area (Å²) in [5.41, 5.74) is 4.40. The molecule has 2 aromatic carbocycles. The molecule has 0 radical (unpaired) electrons. The number of hydrogen-bond acceptors (Lipinski definition) is 3. The first-order valence-corrected chi connectivity index (χ1v) is 8.97. The van der Waals surface area contributed by atoms with Gasteiger partial charge in [0.15, 0.2) is 0 Å². The fourth-order valence-corrected chi connectivity index (χ4v) is 2.61. The number of aliphatic imine (C=N–C) groups is 1. The number of hydrogen-bond donors (Lipinski definition) is 0. The summed E-state index contributed by atoms with van der Waals surface area (Å²) in [5.74, 6) is -0.350. The molecule has 0 unspecified atom stereocenters. The fraction of sp³-hybridized carbons (Fsp3) is 0.300. The van der Waals surface area contributed by atoms with Crippen molar-refractivity contribution in [1.82, 2.24) is 4.90 Å². The second-order valence-corrected chi connectivity index (χ2v) is 6.85. The third-order valence-electron chi connectivity index (χ3n) is 3.89. The molecule has 0 bridgehead atoms. The quantitative estimate of drug-likeness (QED) is 0.386. The molecule has 0 spiro atoms.